The van der Waals surface area contributed by atoms with Crippen LogP contribution in [0.3, 0.4) is 0 Å². The van der Waals surface area contributed by atoms with Gasteiger partial charge in [-0.3, -0.25) is 25.2 Å². The molecule has 166 valence electrons. The summed E-state index contributed by atoms with van der Waals surface area (Å²) in [5.74, 6) is -2.67. The van der Waals surface area contributed by atoms with Gasteiger partial charge in [0.25, 0.3) is 5.91 Å². The molecule has 0 heterocycles. The van der Waals surface area contributed by atoms with Crippen LogP contribution in [0.15, 0.2) is 35.4 Å². The first-order valence-electron chi connectivity index (χ1n) is 11.1. The second-order valence-corrected chi connectivity index (χ2v) is 9.13. The number of carboxylic acid groups (broad SMARTS) is 1. The summed E-state index contributed by atoms with van der Waals surface area (Å²) in [4.78, 5) is 37.2. The summed E-state index contributed by atoms with van der Waals surface area (Å²) >= 11 is 0. The molecule has 3 aliphatic carbocycles. The maximum absolute atomic E-state index is 12.9. The Kier molecular flexibility index (Phi) is 6.03. The third-order valence-electron chi connectivity index (χ3n) is 7.03. The number of carbonyl (C=O) groups is 3. The number of hydrogen-bond acceptors (Lipinski definition) is 4. The van der Waals surface area contributed by atoms with Crippen LogP contribution < -0.4 is 15.6 Å². The molecule has 3 saturated carbocycles. The van der Waals surface area contributed by atoms with E-state index < -0.39 is 29.6 Å². The van der Waals surface area contributed by atoms with E-state index in [4.69, 9.17) is 4.74 Å². The topological polar surface area (TPSA) is 105 Å². The quantitative estimate of drug-likeness (QED) is 0.494. The molecular formula is C24H30N2O5. The zero-order valence-electron chi connectivity index (χ0n) is 18.0. The number of aliphatic carboxylic acids is 1. The van der Waals surface area contributed by atoms with Gasteiger partial charge < -0.3 is 9.84 Å². The molecule has 3 aliphatic rings. The van der Waals surface area contributed by atoms with Crippen LogP contribution in [0, 0.1) is 23.7 Å². The number of hydrazine groups is 1. The number of hydrogen-bond donors (Lipinski definition) is 3. The third-order valence-corrected chi connectivity index (χ3v) is 7.03. The van der Waals surface area contributed by atoms with Crippen molar-refractivity contribution in [2.45, 2.75) is 58.5 Å². The van der Waals surface area contributed by atoms with Gasteiger partial charge in [-0.05, 0) is 88.5 Å². The van der Waals surface area contributed by atoms with E-state index >= 15 is 0 Å². The van der Waals surface area contributed by atoms with Crippen molar-refractivity contribution in [3.05, 3.63) is 41.0 Å². The van der Waals surface area contributed by atoms with Crippen molar-refractivity contribution in [3.63, 3.8) is 0 Å². The van der Waals surface area contributed by atoms with Crippen molar-refractivity contribution in [2.75, 3.05) is 0 Å². The molecule has 4 rings (SSSR count). The van der Waals surface area contributed by atoms with Crippen LogP contribution in [0.2, 0.25) is 0 Å². The van der Waals surface area contributed by atoms with E-state index in [1.54, 1.807) is 24.3 Å². The Hall–Kier alpha value is -2.83. The van der Waals surface area contributed by atoms with E-state index in [1.807, 2.05) is 13.8 Å². The number of benzene rings is 1. The number of amides is 2. The van der Waals surface area contributed by atoms with Gasteiger partial charge in [0, 0.05) is 5.56 Å². The largest absolute Gasteiger partial charge is 0.490 e. The molecule has 0 aromatic heterocycles. The SMILES string of the molecule is CC(C)=C1[C@H]2CC[C@H]1[C@@H](C(=O)O)[C@H]2C(=O)NNC(=O)c1ccc(OC2CCCC2)cc1. The summed E-state index contributed by atoms with van der Waals surface area (Å²) in [5, 5.41) is 9.74. The first-order valence-corrected chi connectivity index (χ1v) is 11.1. The van der Waals surface area contributed by atoms with Gasteiger partial charge in [-0.1, -0.05) is 11.1 Å². The maximum atomic E-state index is 12.9. The predicted octanol–water partition coefficient (Wildman–Crippen LogP) is 3.46. The zero-order valence-corrected chi connectivity index (χ0v) is 18.0. The summed E-state index contributed by atoms with van der Waals surface area (Å²) in [7, 11) is 0. The van der Waals surface area contributed by atoms with Crippen molar-refractivity contribution < 1.29 is 24.2 Å². The summed E-state index contributed by atoms with van der Waals surface area (Å²) in [6, 6.07) is 6.83. The zero-order chi connectivity index (χ0) is 22.1. The average Bonchev–Trinajstić information content (AvgIpc) is 3.47. The van der Waals surface area contributed by atoms with Crippen molar-refractivity contribution in [2.24, 2.45) is 23.7 Å². The molecule has 0 saturated heterocycles. The summed E-state index contributed by atoms with van der Waals surface area (Å²) < 4.78 is 5.91. The van der Waals surface area contributed by atoms with Gasteiger partial charge in [-0.2, -0.15) is 0 Å². The number of fused-ring (bicyclic) bond motifs is 2. The number of allylic oxidation sites excluding steroid dienone is 2. The molecule has 0 unspecified atom stereocenters. The van der Waals surface area contributed by atoms with Crippen molar-refractivity contribution in [3.8, 4) is 5.75 Å². The Labute approximate surface area is 182 Å². The van der Waals surface area contributed by atoms with Gasteiger partial charge in [0.15, 0.2) is 0 Å². The maximum Gasteiger partial charge on any atom is 0.307 e. The lowest BCUT2D eigenvalue weighted by atomic mass is 9.79. The molecule has 0 radical (unpaired) electrons. The third kappa shape index (κ3) is 4.18. The second-order valence-electron chi connectivity index (χ2n) is 9.13. The highest BCUT2D eigenvalue weighted by atomic mass is 16.5. The minimum absolute atomic E-state index is 0.0694. The minimum Gasteiger partial charge on any atom is -0.490 e. The molecule has 2 bridgehead atoms. The standard InChI is InChI=1S/C24H30N2O5/c1-13(2)19-17-11-12-18(19)21(24(29)30)20(17)23(28)26-25-22(27)14-7-9-16(10-8-14)31-15-5-3-4-6-15/h7-10,15,17-18,20-21H,3-6,11-12H2,1-2H3,(H,25,27)(H,26,28)(H,29,30)/t17-,18-,20+,21-/m1/s1. The lowest BCUT2D eigenvalue weighted by Crippen LogP contribution is -2.48. The van der Waals surface area contributed by atoms with Crippen LogP contribution in [0.1, 0.15) is 62.7 Å². The molecule has 3 fully saturated rings. The predicted molar refractivity (Wildman–Crippen MR) is 114 cm³/mol. The van der Waals surface area contributed by atoms with Crippen molar-refractivity contribution >= 4 is 17.8 Å². The summed E-state index contributed by atoms with van der Waals surface area (Å²) in [5.41, 5.74) is 7.51. The molecule has 1 aromatic carbocycles. The fourth-order valence-electron chi connectivity index (χ4n) is 5.76. The van der Waals surface area contributed by atoms with Gasteiger partial charge in [-0.25, -0.2) is 0 Å². The average molecular weight is 427 g/mol. The molecule has 4 atom stereocenters. The smallest absolute Gasteiger partial charge is 0.307 e. The Bertz CT molecular complexity index is 897. The first-order chi connectivity index (χ1) is 14.9. The number of nitrogens with one attached hydrogen (secondary N) is 2. The summed E-state index contributed by atoms with van der Waals surface area (Å²) in [6.45, 7) is 3.95. The van der Waals surface area contributed by atoms with Crippen LogP contribution >= 0.6 is 0 Å². The van der Waals surface area contributed by atoms with E-state index in [0.717, 1.165) is 42.6 Å². The molecule has 7 heteroatoms. The Morgan fingerprint density at radius 3 is 2.10 bits per heavy atom. The van der Waals surface area contributed by atoms with Crippen molar-refractivity contribution in [1.29, 1.82) is 0 Å². The highest BCUT2D eigenvalue weighted by Crippen LogP contribution is 2.57. The number of carboxylic acids is 1. The van der Waals surface area contributed by atoms with Gasteiger partial charge >= 0.3 is 5.97 Å². The Morgan fingerprint density at radius 2 is 1.52 bits per heavy atom. The van der Waals surface area contributed by atoms with E-state index in [2.05, 4.69) is 10.9 Å². The molecule has 7 nitrogen and oxygen atoms in total. The van der Waals surface area contributed by atoms with Crippen molar-refractivity contribution in [1.82, 2.24) is 10.9 Å². The van der Waals surface area contributed by atoms with Gasteiger partial charge in [-0.15, -0.1) is 0 Å². The molecule has 1 aromatic rings. The van der Waals surface area contributed by atoms with Gasteiger partial charge in [0.2, 0.25) is 5.91 Å². The number of ether oxygens (including phenoxy) is 1. The highest BCUT2D eigenvalue weighted by Gasteiger charge is 2.57. The van der Waals surface area contributed by atoms with E-state index in [0.29, 0.717) is 5.56 Å². The van der Waals surface area contributed by atoms with Crippen LogP contribution in [-0.4, -0.2) is 29.0 Å². The number of rotatable bonds is 5. The summed E-state index contributed by atoms with van der Waals surface area (Å²) in [6.07, 6.45) is 6.34. The van der Waals surface area contributed by atoms with Crippen LogP contribution in [-0.2, 0) is 9.59 Å². The van der Waals surface area contributed by atoms with Gasteiger partial charge in [0.1, 0.15) is 5.75 Å². The minimum atomic E-state index is -0.949. The number of carbonyl (C=O) groups excluding carboxylic acids is 2. The lowest BCUT2D eigenvalue weighted by molar-refractivity contribution is -0.149. The first kappa shape index (κ1) is 21.4. The normalized spacial score (nSPS) is 27.2. The molecule has 2 amide bonds. The Balaban J connectivity index is 1.37. The van der Waals surface area contributed by atoms with E-state index in [-0.39, 0.29) is 17.9 Å². The highest BCUT2D eigenvalue weighted by molar-refractivity contribution is 5.96. The molecule has 3 N–H and O–H groups in total. The molecule has 0 spiro atoms. The van der Waals surface area contributed by atoms with E-state index in [1.165, 1.54) is 12.8 Å². The lowest BCUT2D eigenvalue weighted by Gasteiger charge is -2.26. The Morgan fingerprint density at radius 1 is 0.903 bits per heavy atom. The monoisotopic (exact) mass is 426 g/mol. The molecule has 0 aliphatic heterocycles. The fourth-order valence-corrected chi connectivity index (χ4v) is 5.76. The molecular weight excluding hydrogens is 396 g/mol. The van der Waals surface area contributed by atoms with Crippen LogP contribution in [0.4, 0.5) is 0 Å². The van der Waals surface area contributed by atoms with Crippen LogP contribution in [0.5, 0.6) is 5.75 Å². The van der Waals surface area contributed by atoms with E-state index in [9.17, 15) is 19.5 Å². The fraction of sp³-hybridized carbons (Fsp3) is 0.542. The second kappa shape index (κ2) is 8.73. The molecule has 31 heavy (non-hydrogen) atoms. The van der Waals surface area contributed by atoms with Crippen LogP contribution in [0.25, 0.3) is 0 Å². The van der Waals surface area contributed by atoms with Gasteiger partial charge in [0.05, 0.1) is 17.9 Å².